The summed E-state index contributed by atoms with van der Waals surface area (Å²) >= 11 is 0. The van der Waals surface area contributed by atoms with Crippen LogP contribution in [0.3, 0.4) is 0 Å². The fourth-order valence-corrected chi connectivity index (χ4v) is 5.82. The predicted octanol–water partition coefficient (Wildman–Crippen LogP) is 8.10. The number of aryl methyl sites for hydroxylation is 4. The van der Waals surface area contributed by atoms with Gasteiger partial charge in [-0.15, -0.1) is 0 Å². The summed E-state index contributed by atoms with van der Waals surface area (Å²) in [7, 11) is 0. The van der Waals surface area contributed by atoms with Gasteiger partial charge in [-0.3, -0.25) is 9.98 Å². The number of phenolic OH excluding ortho intramolecular Hbond substituents is 1. The Hall–Kier alpha value is -4.27. The third kappa shape index (κ3) is 8.71. The van der Waals surface area contributed by atoms with Gasteiger partial charge in [-0.25, -0.2) is 4.98 Å². The summed E-state index contributed by atoms with van der Waals surface area (Å²) < 4.78 is 0. The minimum absolute atomic E-state index is 0. The van der Waals surface area contributed by atoms with Crippen molar-refractivity contribution in [3.8, 4) is 11.5 Å². The first-order chi connectivity index (χ1) is 21.5. The molecule has 1 saturated carbocycles. The van der Waals surface area contributed by atoms with Crippen LogP contribution in [0.4, 0.5) is 11.4 Å². The Morgan fingerprint density at radius 1 is 0.717 bits per heavy atom. The standard InChI is InChI=1S/C25H27N3.C13H16O4.Co/c1-16-10-7-11-17(2)24(16)26-20(5)22-14-9-15-23(28-22)21(6)27-25-18(3)12-8-13-19(25)4;14-10-7-6-9(8-4-2-1-3-5-8)11(12(10)15)13(16)17;/h7-15H,1-6H3;6-8,14-15H,1-5H2,(H,16,17);/q;;+1/p-1. The third-order valence-electron chi connectivity index (χ3n) is 8.37. The predicted molar refractivity (Wildman–Crippen MR) is 180 cm³/mol. The number of carboxylic acids is 1. The van der Waals surface area contributed by atoms with Gasteiger partial charge in [-0.2, -0.15) is 0 Å². The van der Waals surface area contributed by atoms with Crippen LogP contribution in [-0.4, -0.2) is 32.6 Å². The van der Waals surface area contributed by atoms with E-state index in [1.807, 2.05) is 32.0 Å². The van der Waals surface area contributed by atoms with Gasteiger partial charge in [0.1, 0.15) is 0 Å². The van der Waals surface area contributed by atoms with Crippen LogP contribution in [0.25, 0.3) is 0 Å². The van der Waals surface area contributed by atoms with E-state index in [-0.39, 0.29) is 28.3 Å². The quantitative estimate of drug-likeness (QED) is 0.160. The number of carboxylic acid groups (broad SMARTS) is 1. The second-order valence-electron chi connectivity index (χ2n) is 11.8. The minimum atomic E-state index is -1.43. The zero-order valence-corrected chi connectivity index (χ0v) is 28.4. The zero-order valence-electron chi connectivity index (χ0n) is 27.3. The van der Waals surface area contributed by atoms with E-state index in [2.05, 4.69) is 64.1 Å². The topological polar surface area (TPSA) is 118 Å². The summed E-state index contributed by atoms with van der Waals surface area (Å²) in [6, 6.07) is 21.4. The van der Waals surface area contributed by atoms with Crippen molar-refractivity contribution in [2.24, 2.45) is 9.98 Å². The van der Waals surface area contributed by atoms with Gasteiger partial charge in [-0.05, 0) is 106 Å². The van der Waals surface area contributed by atoms with E-state index in [0.717, 1.165) is 59.9 Å². The molecule has 242 valence electrons. The molecule has 0 spiro atoms. The molecule has 46 heavy (non-hydrogen) atoms. The van der Waals surface area contributed by atoms with Crippen molar-refractivity contribution >= 4 is 28.8 Å². The number of nitrogens with zero attached hydrogens (tertiary/aromatic N) is 3. The van der Waals surface area contributed by atoms with Gasteiger partial charge < -0.3 is 20.1 Å². The molecule has 1 heterocycles. The van der Waals surface area contributed by atoms with E-state index < -0.39 is 17.5 Å². The number of carbonyl (C=O) groups excluding carboxylic acids is 1. The summed E-state index contributed by atoms with van der Waals surface area (Å²) in [5.41, 5.74) is 10.6. The van der Waals surface area contributed by atoms with Crippen molar-refractivity contribution < 1.29 is 36.9 Å². The molecule has 4 aromatic rings. The van der Waals surface area contributed by atoms with Gasteiger partial charge in [0.2, 0.25) is 0 Å². The normalized spacial score (nSPS) is 13.8. The summed E-state index contributed by atoms with van der Waals surface area (Å²) in [4.78, 5) is 25.6. The van der Waals surface area contributed by atoms with Crippen molar-refractivity contribution in [2.45, 2.75) is 79.6 Å². The Balaban J connectivity index is 0.000000274. The van der Waals surface area contributed by atoms with Crippen LogP contribution in [0.5, 0.6) is 11.5 Å². The third-order valence-corrected chi connectivity index (χ3v) is 8.37. The van der Waals surface area contributed by atoms with Gasteiger partial charge in [0, 0.05) is 5.56 Å². The largest absolute Gasteiger partial charge is 1.00 e. The monoisotopic (exact) mass is 663 g/mol. The number of carbonyl (C=O) groups is 1. The number of hydrogen-bond acceptors (Lipinski definition) is 7. The number of benzene rings is 3. The summed E-state index contributed by atoms with van der Waals surface area (Å²) in [6.07, 6.45) is 5.15. The van der Waals surface area contributed by atoms with E-state index in [1.165, 1.54) is 34.7 Å². The Bertz CT molecular complexity index is 1630. The first-order valence-corrected chi connectivity index (χ1v) is 15.4. The molecule has 0 atom stereocenters. The molecular formula is C38H42CoN3O4. The number of aromatic nitrogens is 1. The summed E-state index contributed by atoms with van der Waals surface area (Å²) in [5.74, 6) is -2.28. The van der Waals surface area contributed by atoms with Crippen molar-refractivity contribution in [3.05, 3.63) is 111 Å². The smallest absolute Gasteiger partial charge is 0.545 e. The van der Waals surface area contributed by atoms with Crippen LogP contribution in [-0.2, 0) is 16.8 Å². The molecule has 1 aromatic heterocycles. The molecule has 1 fully saturated rings. The SMILES string of the molecule is CC(=Nc1c(C)cccc1C)c1cccc(C(C)=Nc2c(C)cccc2C)n1.O=C([O-])c1c(C2CCCCC2)ccc(O)c1O.[Co+]. The summed E-state index contributed by atoms with van der Waals surface area (Å²) in [6.45, 7) is 12.4. The van der Waals surface area contributed by atoms with E-state index in [9.17, 15) is 20.1 Å². The summed E-state index contributed by atoms with van der Waals surface area (Å²) in [5, 5.41) is 30.0. The Morgan fingerprint density at radius 3 is 1.59 bits per heavy atom. The first-order valence-electron chi connectivity index (χ1n) is 15.4. The molecule has 8 heteroatoms. The fourth-order valence-electron chi connectivity index (χ4n) is 5.82. The molecule has 0 amide bonds. The Morgan fingerprint density at radius 2 is 1.15 bits per heavy atom. The number of phenols is 2. The second-order valence-corrected chi connectivity index (χ2v) is 11.8. The van der Waals surface area contributed by atoms with Crippen LogP contribution in [0.15, 0.2) is 76.7 Å². The number of hydrogen-bond donors (Lipinski definition) is 2. The molecule has 2 N–H and O–H groups in total. The van der Waals surface area contributed by atoms with Crippen molar-refractivity contribution in [1.29, 1.82) is 0 Å². The van der Waals surface area contributed by atoms with Gasteiger partial charge in [0.05, 0.1) is 40.2 Å². The van der Waals surface area contributed by atoms with Crippen molar-refractivity contribution in [2.75, 3.05) is 0 Å². The molecule has 5 rings (SSSR count). The number of aromatic carboxylic acids is 1. The van der Waals surface area contributed by atoms with Gasteiger partial charge in [0.15, 0.2) is 11.5 Å². The molecule has 1 aliphatic rings. The van der Waals surface area contributed by atoms with Crippen LogP contribution >= 0.6 is 0 Å². The van der Waals surface area contributed by atoms with Crippen LogP contribution < -0.4 is 5.11 Å². The van der Waals surface area contributed by atoms with Crippen LogP contribution in [0, 0.1) is 27.7 Å². The Labute approximate surface area is 282 Å². The molecule has 7 nitrogen and oxygen atoms in total. The molecule has 0 saturated heterocycles. The molecule has 0 bridgehead atoms. The molecular weight excluding hydrogens is 621 g/mol. The maximum atomic E-state index is 11.1. The maximum absolute atomic E-state index is 11.1. The second kappa shape index (κ2) is 16.3. The van der Waals surface area contributed by atoms with Crippen molar-refractivity contribution in [3.63, 3.8) is 0 Å². The number of para-hydroxylation sites is 2. The first kappa shape index (κ1) is 36.2. The van der Waals surface area contributed by atoms with Gasteiger partial charge >= 0.3 is 16.8 Å². The number of pyridine rings is 1. The van der Waals surface area contributed by atoms with Gasteiger partial charge in [0.25, 0.3) is 0 Å². The molecule has 0 unspecified atom stereocenters. The molecule has 0 aliphatic heterocycles. The van der Waals surface area contributed by atoms with E-state index >= 15 is 0 Å². The van der Waals surface area contributed by atoms with E-state index in [4.69, 9.17) is 15.0 Å². The number of aromatic hydroxyl groups is 2. The average Bonchev–Trinajstić information content (AvgIpc) is 3.02. The molecule has 1 aliphatic carbocycles. The number of rotatable bonds is 6. The number of aliphatic imine (C=N–C) groups is 2. The van der Waals surface area contributed by atoms with Crippen molar-refractivity contribution in [1.82, 2.24) is 4.98 Å². The van der Waals surface area contributed by atoms with E-state index in [1.54, 1.807) is 6.07 Å². The zero-order chi connectivity index (χ0) is 32.7. The molecule has 3 aromatic carbocycles. The van der Waals surface area contributed by atoms with Crippen LogP contribution in [0.2, 0.25) is 0 Å². The molecule has 0 radical (unpaired) electrons. The minimum Gasteiger partial charge on any atom is -0.545 e. The van der Waals surface area contributed by atoms with E-state index in [0.29, 0.717) is 5.56 Å². The van der Waals surface area contributed by atoms with Crippen LogP contribution in [0.1, 0.15) is 101 Å². The maximum Gasteiger partial charge on any atom is 1.00 e. The fraction of sp³-hybridized carbons (Fsp3) is 0.316. The average molecular weight is 664 g/mol. The van der Waals surface area contributed by atoms with Gasteiger partial charge in [-0.1, -0.05) is 67.8 Å². The Kier molecular flexibility index (Phi) is 12.9.